The third-order valence-corrected chi connectivity index (χ3v) is 3.64. The molecule has 0 bridgehead atoms. The van der Waals surface area contributed by atoms with Gasteiger partial charge < -0.3 is 10.6 Å². The van der Waals surface area contributed by atoms with Crippen molar-refractivity contribution in [2.45, 2.75) is 32.6 Å². The Bertz CT molecular complexity index is 376. The van der Waals surface area contributed by atoms with Gasteiger partial charge in [0, 0.05) is 37.9 Å². The Morgan fingerprint density at radius 3 is 2.65 bits per heavy atom. The molecule has 0 saturated carbocycles. The Labute approximate surface area is 108 Å². The van der Waals surface area contributed by atoms with Crippen LogP contribution in [0.1, 0.15) is 31.5 Å². The van der Waals surface area contributed by atoms with Gasteiger partial charge in [-0.05, 0) is 0 Å². The molecule has 96 valence electrons. The third-order valence-electron chi connectivity index (χ3n) is 2.33. The quantitative estimate of drug-likeness (QED) is 0.638. The van der Waals surface area contributed by atoms with Crippen LogP contribution >= 0.6 is 11.3 Å². The monoisotopic (exact) mass is 254 g/mol. The van der Waals surface area contributed by atoms with Crippen LogP contribution in [0.4, 0.5) is 0 Å². The zero-order valence-electron chi connectivity index (χ0n) is 11.3. The Kier molecular flexibility index (Phi) is 4.93. The smallest absolute Gasteiger partial charge is 0.190 e. The van der Waals surface area contributed by atoms with Crippen molar-refractivity contribution in [3.63, 3.8) is 0 Å². The van der Waals surface area contributed by atoms with Crippen LogP contribution in [0, 0.1) is 0 Å². The molecule has 0 aromatic carbocycles. The first-order chi connectivity index (χ1) is 7.97. The number of hydrogen-bond acceptors (Lipinski definition) is 3. The molecule has 0 saturated heterocycles. The van der Waals surface area contributed by atoms with Gasteiger partial charge in [0.25, 0.3) is 0 Å². The van der Waals surface area contributed by atoms with Crippen LogP contribution in [0.3, 0.4) is 0 Å². The molecule has 0 unspecified atom stereocenters. The highest BCUT2D eigenvalue weighted by atomic mass is 32.1. The van der Waals surface area contributed by atoms with E-state index in [-0.39, 0.29) is 5.41 Å². The lowest BCUT2D eigenvalue weighted by Crippen LogP contribution is -2.35. The summed E-state index contributed by atoms with van der Waals surface area (Å²) < 4.78 is 0. The molecule has 5 heteroatoms. The van der Waals surface area contributed by atoms with Gasteiger partial charge in [-0.2, -0.15) is 0 Å². The second-order valence-electron chi connectivity index (χ2n) is 4.89. The van der Waals surface area contributed by atoms with E-state index in [2.05, 4.69) is 46.8 Å². The SMILES string of the molecule is CN=C(NC)NCCc1csc(C(C)(C)C)n1. The molecule has 0 aliphatic rings. The lowest BCUT2D eigenvalue weighted by molar-refractivity contribution is 0.582. The predicted octanol–water partition coefficient (Wildman–Crippen LogP) is 1.78. The lowest BCUT2D eigenvalue weighted by Gasteiger charge is -2.13. The first-order valence-electron chi connectivity index (χ1n) is 5.80. The molecule has 0 aliphatic heterocycles. The van der Waals surface area contributed by atoms with Crippen molar-refractivity contribution in [1.29, 1.82) is 0 Å². The predicted molar refractivity (Wildman–Crippen MR) is 74.9 cm³/mol. The fraction of sp³-hybridized carbons (Fsp3) is 0.667. The second-order valence-corrected chi connectivity index (χ2v) is 5.75. The molecule has 0 radical (unpaired) electrons. The van der Waals surface area contributed by atoms with E-state index in [1.54, 1.807) is 18.4 Å². The van der Waals surface area contributed by atoms with E-state index in [1.807, 2.05) is 7.05 Å². The van der Waals surface area contributed by atoms with Crippen LogP contribution in [-0.2, 0) is 11.8 Å². The number of aliphatic imine (C=N–C) groups is 1. The highest BCUT2D eigenvalue weighted by Crippen LogP contribution is 2.25. The number of aromatic nitrogens is 1. The molecular weight excluding hydrogens is 232 g/mol. The van der Waals surface area contributed by atoms with Crippen LogP contribution in [0.15, 0.2) is 10.4 Å². The summed E-state index contributed by atoms with van der Waals surface area (Å²) >= 11 is 1.74. The number of thiazole rings is 1. The lowest BCUT2D eigenvalue weighted by atomic mass is 9.98. The number of rotatable bonds is 3. The highest BCUT2D eigenvalue weighted by molar-refractivity contribution is 7.09. The summed E-state index contributed by atoms with van der Waals surface area (Å²) in [6.07, 6.45) is 0.924. The zero-order valence-corrected chi connectivity index (χ0v) is 12.1. The van der Waals surface area contributed by atoms with Crippen molar-refractivity contribution < 1.29 is 0 Å². The molecule has 0 amide bonds. The Morgan fingerprint density at radius 2 is 2.18 bits per heavy atom. The van der Waals surface area contributed by atoms with Crippen molar-refractivity contribution in [2.75, 3.05) is 20.6 Å². The fourth-order valence-electron chi connectivity index (χ4n) is 1.35. The van der Waals surface area contributed by atoms with Gasteiger partial charge in [-0.15, -0.1) is 11.3 Å². The summed E-state index contributed by atoms with van der Waals surface area (Å²) in [4.78, 5) is 8.71. The summed E-state index contributed by atoms with van der Waals surface area (Å²) in [5.74, 6) is 0.816. The third kappa shape index (κ3) is 4.34. The number of guanidine groups is 1. The van der Waals surface area contributed by atoms with Gasteiger partial charge >= 0.3 is 0 Å². The Balaban J connectivity index is 2.46. The van der Waals surface area contributed by atoms with E-state index >= 15 is 0 Å². The molecule has 2 N–H and O–H groups in total. The van der Waals surface area contributed by atoms with E-state index < -0.39 is 0 Å². The fourth-order valence-corrected chi connectivity index (χ4v) is 2.30. The summed E-state index contributed by atoms with van der Waals surface area (Å²) in [6, 6.07) is 0. The van der Waals surface area contributed by atoms with Crippen LogP contribution in [0.25, 0.3) is 0 Å². The van der Waals surface area contributed by atoms with Crippen molar-refractivity contribution in [3.8, 4) is 0 Å². The minimum atomic E-state index is 0.150. The highest BCUT2D eigenvalue weighted by Gasteiger charge is 2.17. The average Bonchev–Trinajstić information content (AvgIpc) is 2.73. The second kappa shape index (κ2) is 6.00. The zero-order chi connectivity index (χ0) is 12.9. The molecule has 1 aromatic heterocycles. The molecule has 4 nitrogen and oxygen atoms in total. The first kappa shape index (κ1) is 14.0. The van der Waals surface area contributed by atoms with Gasteiger partial charge in [-0.25, -0.2) is 4.98 Å². The van der Waals surface area contributed by atoms with Crippen molar-refractivity contribution in [3.05, 3.63) is 16.1 Å². The van der Waals surface area contributed by atoms with E-state index in [0.29, 0.717) is 0 Å². The van der Waals surface area contributed by atoms with Crippen molar-refractivity contribution in [2.24, 2.45) is 4.99 Å². The molecule has 0 spiro atoms. The van der Waals surface area contributed by atoms with E-state index in [9.17, 15) is 0 Å². The van der Waals surface area contributed by atoms with Crippen LogP contribution in [-0.4, -0.2) is 31.6 Å². The summed E-state index contributed by atoms with van der Waals surface area (Å²) in [7, 11) is 3.62. The average molecular weight is 254 g/mol. The summed E-state index contributed by atoms with van der Waals surface area (Å²) in [5, 5.41) is 9.55. The summed E-state index contributed by atoms with van der Waals surface area (Å²) in [6.45, 7) is 7.42. The van der Waals surface area contributed by atoms with Gasteiger partial charge in [-0.1, -0.05) is 20.8 Å². The molecule has 17 heavy (non-hydrogen) atoms. The Hall–Kier alpha value is -1.10. The van der Waals surface area contributed by atoms with E-state index in [1.165, 1.54) is 5.01 Å². The molecule has 0 atom stereocenters. The number of nitrogens with zero attached hydrogens (tertiary/aromatic N) is 2. The maximum atomic E-state index is 4.65. The first-order valence-corrected chi connectivity index (χ1v) is 6.68. The minimum Gasteiger partial charge on any atom is -0.359 e. The standard InChI is InChI=1S/C12H22N4S/c1-12(2,3)10-16-9(8-17-10)6-7-15-11(13-4)14-5/h8H,6-7H2,1-5H3,(H2,13,14,15). The molecule has 0 fully saturated rings. The minimum absolute atomic E-state index is 0.150. The largest absolute Gasteiger partial charge is 0.359 e. The van der Waals surface area contributed by atoms with Gasteiger partial charge in [0.15, 0.2) is 5.96 Å². The van der Waals surface area contributed by atoms with E-state index in [4.69, 9.17) is 0 Å². The van der Waals surface area contributed by atoms with Crippen LogP contribution < -0.4 is 10.6 Å². The molecule has 1 rings (SSSR count). The molecule has 0 aliphatic carbocycles. The normalized spacial score (nSPS) is 12.6. The van der Waals surface area contributed by atoms with Gasteiger partial charge in [0.05, 0.1) is 10.7 Å². The van der Waals surface area contributed by atoms with E-state index in [0.717, 1.165) is 24.6 Å². The van der Waals surface area contributed by atoms with Gasteiger partial charge in [-0.3, -0.25) is 4.99 Å². The molecule has 1 heterocycles. The van der Waals surface area contributed by atoms with Crippen LogP contribution in [0.2, 0.25) is 0 Å². The maximum absolute atomic E-state index is 4.65. The van der Waals surface area contributed by atoms with Crippen molar-refractivity contribution in [1.82, 2.24) is 15.6 Å². The maximum Gasteiger partial charge on any atom is 0.190 e. The summed E-state index contributed by atoms with van der Waals surface area (Å²) in [5.41, 5.74) is 1.30. The topological polar surface area (TPSA) is 49.3 Å². The van der Waals surface area contributed by atoms with Gasteiger partial charge in [0.1, 0.15) is 0 Å². The number of nitrogens with one attached hydrogen (secondary N) is 2. The molecular formula is C12H22N4S. The number of hydrogen-bond donors (Lipinski definition) is 2. The Morgan fingerprint density at radius 1 is 1.47 bits per heavy atom. The van der Waals surface area contributed by atoms with Crippen molar-refractivity contribution >= 4 is 17.3 Å². The molecule has 1 aromatic rings. The van der Waals surface area contributed by atoms with Crippen LogP contribution in [0.5, 0.6) is 0 Å². The van der Waals surface area contributed by atoms with Gasteiger partial charge in [0.2, 0.25) is 0 Å².